The van der Waals surface area contributed by atoms with Crippen LogP contribution in [-0.4, -0.2) is 55.0 Å². The fourth-order valence-corrected chi connectivity index (χ4v) is 4.18. The highest BCUT2D eigenvalue weighted by atomic mass is 32.2. The molecule has 3 N–H and O–H groups in total. The standard InChI is InChI=1S/C27H36N6O3S/c1-20-19-28-26(30-21-10-12-23(13-11-21)36-17-16-33-14-5-6-15-33)31-25(20)29-22-8-7-9-24(18-22)37(34,35)32-27(2,3)4/h7-13,18-19,32H,5-6,14-17H2,1-4H3,(H2,28,29,30,31)/i2D3,3D3,4D3,5D2,6D2,14D2,15D2. The van der Waals surface area contributed by atoms with Gasteiger partial charge >= 0.3 is 0 Å². The first-order chi connectivity index (χ1) is 24.3. The van der Waals surface area contributed by atoms with Crippen molar-refractivity contribution in [3.05, 3.63) is 60.3 Å². The van der Waals surface area contributed by atoms with Gasteiger partial charge in [0.05, 0.1) is 4.90 Å². The van der Waals surface area contributed by atoms with Crippen LogP contribution in [0.25, 0.3) is 0 Å². The summed E-state index contributed by atoms with van der Waals surface area (Å²) in [5.41, 5.74) is -2.78. The molecule has 1 aliphatic rings. The van der Waals surface area contributed by atoms with Crippen molar-refractivity contribution in [2.45, 2.75) is 50.7 Å². The van der Waals surface area contributed by atoms with Gasteiger partial charge in [0.15, 0.2) is 0 Å². The van der Waals surface area contributed by atoms with Gasteiger partial charge in [0.2, 0.25) is 16.0 Å². The maximum absolute atomic E-state index is 13.4. The van der Waals surface area contributed by atoms with E-state index in [1.807, 2.05) is 0 Å². The fourth-order valence-electron chi connectivity index (χ4n) is 3.12. The van der Waals surface area contributed by atoms with Crippen LogP contribution in [0.3, 0.4) is 0 Å². The number of hydrogen-bond acceptors (Lipinski definition) is 8. The number of nitrogens with one attached hydrogen (secondary N) is 3. The van der Waals surface area contributed by atoms with E-state index >= 15 is 0 Å². The first-order valence-electron chi connectivity index (χ1n) is 19.4. The Balaban J connectivity index is 1.47. The van der Waals surface area contributed by atoms with E-state index in [1.165, 1.54) is 35.2 Å². The van der Waals surface area contributed by atoms with Crippen LogP contribution in [0.15, 0.2) is 59.6 Å². The SMILES string of the molecule is [2H]C([2H])([2H])C(NS(=O)(=O)c1cccc(Nc2nc(Nc3ccc(OCCN4C([2H])([2H])C([2H])([2H])C([2H])([2H])C4([2H])[2H])cc3)ncc2C)c1)(C([2H])([2H])[2H])C([2H])([2H])[2H]. The number of benzene rings is 2. The molecule has 37 heavy (non-hydrogen) atoms. The zero-order valence-electron chi connectivity index (χ0n) is 36.6. The van der Waals surface area contributed by atoms with Crippen molar-refractivity contribution in [3.8, 4) is 5.75 Å². The van der Waals surface area contributed by atoms with E-state index < -0.39 is 73.3 Å². The van der Waals surface area contributed by atoms with Crippen LogP contribution in [0, 0.1) is 6.92 Å². The largest absolute Gasteiger partial charge is 0.492 e. The molecule has 2 heterocycles. The van der Waals surface area contributed by atoms with Gasteiger partial charge in [0.25, 0.3) is 0 Å². The van der Waals surface area contributed by atoms with Gasteiger partial charge in [-0.2, -0.15) is 4.98 Å². The zero-order chi connectivity index (χ0) is 41.1. The van der Waals surface area contributed by atoms with Gasteiger partial charge in [-0.05, 0) is 95.7 Å². The second kappa shape index (κ2) is 11.5. The summed E-state index contributed by atoms with van der Waals surface area (Å²) in [5, 5.41) is 5.85. The van der Waals surface area contributed by atoms with Crippen LogP contribution >= 0.6 is 0 Å². The molecule has 1 aromatic heterocycles. The highest BCUT2D eigenvalue weighted by molar-refractivity contribution is 7.89. The number of hydrogen-bond donors (Lipinski definition) is 3. The van der Waals surface area contributed by atoms with Crippen molar-refractivity contribution in [3.63, 3.8) is 0 Å². The molecule has 0 amide bonds. The van der Waals surface area contributed by atoms with Gasteiger partial charge in [-0.1, -0.05) is 6.07 Å². The number of sulfonamides is 1. The van der Waals surface area contributed by atoms with E-state index in [2.05, 4.69) is 20.6 Å². The lowest BCUT2D eigenvalue weighted by Crippen LogP contribution is -2.40. The van der Waals surface area contributed by atoms with E-state index in [4.69, 9.17) is 28.0 Å². The van der Waals surface area contributed by atoms with E-state index in [9.17, 15) is 8.42 Å². The van der Waals surface area contributed by atoms with Crippen LogP contribution in [0.2, 0.25) is 0 Å². The molecule has 0 radical (unpaired) electrons. The summed E-state index contributed by atoms with van der Waals surface area (Å²) in [6, 6.07) is 10.9. The molecule has 0 unspecified atom stereocenters. The van der Waals surface area contributed by atoms with E-state index in [0.29, 0.717) is 16.2 Å². The minimum absolute atomic E-state index is 0.0714. The minimum atomic E-state index is -5.07. The van der Waals surface area contributed by atoms with Gasteiger partial charge in [-0.25, -0.2) is 18.1 Å². The van der Waals surface area contributed by atoms with Crippen molar-refractivity contribution < 1.29 is 36.5 Å². The average Bonchev–Trinajstić information content (AvgIpc) is 3.08. The molecule has 4 rings (SSSR count). The van der Waals surface area contributed by atoms with Gasteiger partial charge in [-0.15, -0.1) is 0 Å². The minimum Gasteiger partial charge on any atom is -0.492 e. The second-order valence-corrected chi connectivity index (χ2v) is 9.54. The van der Waals surface area contributed by atoms with Crippen LogP contribution in [0.4, 0.5) is 23.1 Å². The summed E-state index contributed by atoms with van der Waals surface area (Å²) >= 11 is 0. The van der Waals surface area contributed by atoms with Crippen molar-refractivity contribution >= 4 is 33.2 Å². The molecular weight excluding hydrogens is 488 g/mol. The topological polar surface area (TPSA) is 108 Å². The summed E-state index contributed by atoms with van der Waals surface area (Å²) in [7, 11) is -5.07. The van der Waals surface area contributed by atoms with E-state index in [0.717, 1.165) is 12.1 Å². The van der Waals surface area contributed by atoms with Crippen molar-refractivity contribution in [1.29, 1.82) is 0 Å². The normalized spacial score (nSPS) is 27.8. The number of aromatic nitrogens is 2. The Morgan fingerprint density at radius 1 is 1.08 bits per heavy atom. The molecule has 198 valence electrons. The Kier molecular flexibility index (Phi) is 3.89. The highest BCUT2D eigenvalue weighted by Crippen LogP contribution is 2.24. The first-order valence-corrected chi connectivity index (χ1v) is 12.3. The number of rotatable bonds is 10. The predicted octanol–water partition coefficient (Wildman–Crippen LogP) is 4.82. The van der Waals surface area contributed by atoms with Gasteiger partial charge < -0.3 is 15.4 Å². The molecule has 1 saturated heterocycles. The van der Waals surface area contributed by atoms with Gasteiger partial charge in [-0.3, -0.25) is 4.90 Å². The summed E-state index contributed by atoms with van der Waals surface area (Å²) in [4.78, 5) is 8.43. The van der Waals surface area contributed by atoms with Crippen LogP contribution < -0.4 is 20.1 Å². The number of likely N-dealkylation sites (tertiary alicyclic amines) is 1. The Morgan fingerprint density at radius 3 is 2.57 bits per heavy atom. The fraction of sp³-hybridized carbons (Fsp3) is 0.407. The quantitative estimate of drug-likeness (QED) is 0.335. The van der Waals surface area contributed by atoms with E-state index in [1.54, 1.807) is 19.1 Å². The Bertz CT molecular complexity index is 1890. The van der Waals surface area contributed by atoms with Crippen LogP contribution in [0.1, 0.15) is 62.2 Å². The monoisotopic (exact) mass is 541 g/mol. The second-order valence-electron chi connectivity index (χ2n) is 7.86. The maximum Gasteiger partial charge on any atom is 0.241 e. The summed E-state index contributed by atoms with van der Waals surface area (Å²) in [6.07, 6.45) is -4.85. The molecule has 0 bridgehead atoms. The summed E-state index contributed by atoms with van der Waals surface area (Å²) < 4.78 is 167. The lowest BCUT2D eigenvalue weighted by atomic mass is 10.1. The Hall–Kier alpha value is -3.21. The molecule has 3 aromatic rings. The summed E-state index contributed by atoms with van der Waals surface area (Å²) in [5.74, 6) is 0.534. The smallest absolute Gasteiger partial charge is 0.241 e. The van der Waals surface area contributed by atoms with Crippen molar-refractivity contribution in [1.82, 2.24) is 19.6 Å². The van der Waals surface area contributed by atoms with Crippen molar-refractivity contribution in [2.24, 2.45) is 0 Å². The van der Waals surface area contributed by atoms with Crippen LogP contribution in [-0.2, 0) is 10.0 Å². The molecule has 0 atom stereocenters. The third kappa shape index (κ3) is 7.88. The van der Waals surface area contributed by atoms with Crippen molar-refractivity contribution in [2.75, 3.05) is 36.8 Å². The molecule has 1 fully saturated rings. The number of anilines is 4. The molecule has 0 aliphatic carbocycles. The van der Waals surface area contributed by atoms with Gasteiger partial charge in [0.1, 0.15) is 18.2 Å². The Labute approximate surface area is 243 Å². The maximum atomic E-state index is 13.4. The lowest BCUT2D eigenvalue weighted by Gasteiger charge is -2.20. The Morgan fingerprint density at radius 2 is 1.84 bits per heavy atom. The average molecular weight is 542 g/mol. The highest BCUT2D eigenvalue weighted by Gasteiger charge is 2.22. The lowest BCUT2D eigenvalue weighted by molar-refractivity contribution is 0.238. The number of aryl methyl sites for hydroxylation is 1. The molecule has 10 heteroatoms. The molecule has 1 aliphatic heterocycles. The third-order valence-corrected chi connectivity index (χ3v) is 6.25. The third-order valence-electron chi connectivity index (χ3n) is 4.80. The molecule has 0 spiro atoms. The zero-order valence-corrected chi connectivity index (χ0v) is 20.4. The first kappa shape index (κ1) is 12.6. The molecule has 2 aromatic carbocycles. The number of nitrogens with zero attached hydrogens (tertiary/aromatic N) is 3. The molecule has 0 saturated carbocycles. The van der Waals surface area contributed by atoms with E-state index in [-0.39, 0.29) is 29.8 Å². The molecular formula is C27H36N6O3S. The number of ether oxygens (including phenoxy) is 1. The molecule has 9 nitrogen and oxygen atoms in total. The van der Waals surface area contributed by atoms with Crippen LogP contribution in [0.5, 0.6) is 5.75 Å². The summed E-state index contributed by atoms with van der Waals surface area (Å²) in [6.45, 7) is -16.5. The predicted molar refractivity (Wildman–Crippen MR) is 147 cm³/mol. The van der Waals surface area contributed by atoms with Gasteiger partial charge in [0, 0.05) is 58.5 Å².